The van der Waals surface area contributed by atoms with Crippen LogP contribution in [0.5, 0.6) is 0 Å². The Morgan fingerprint density at radius 2 is 2.05 bits per heavy atom. The molecule has 2 N–H and O–H groups in total. The van der Waals surface area contributed by atoms with Crippen LogP contribution >= 0.6 is 0 Å². The number of aromatic nitrogens is 1. The van der Waals surface area contributed by atoms with E-state index < -0.39 is 0 Å². The number of benzene rings is 1. The van der Waals surface area contributed by atoms with Crippen molar-refractivity contribution in [3.8, 4) is 0 Å². The van der Waals surface area contributed by atoms with Gasteiger partial charge >= 0.3 is 0 Å². The molecule has 20 heavy (non-hydrogen) atoms. The van der Waals surface area contributed by atoms with Crippen LogP contribution in [-0.2, 0) is 4.79 Å². The summed E-state index contributed by atoms with van der Waals surface area (Å²) in [7, 11) is 0. The van der Waals surface area contributed by atoms with Crippen molar-refractivity contribution in [3.05, 3.63) is 60.2 Å². The van der Waals surface area contributed by atoms with Crippen molar-refractivity contribution in [1.29, 1.82) is 0 Å². The van der Waals surface area contributed by atoms with Gasteiger partial charge in [-0.1, -0.05) is 6.07 Å². The number of pyridine rings is 1. The summed E-state index contributed by atoms with van der Waals surface area (Å²) in [6.07, 6.45) is 3.09. The van der Waals surface area contributed by atoms with Crippen LogP contribution < -0.4 is 10.7 Å². The number of nitrogens with one attached hydrogen (secondary N) is 2. The van der Waals surface area contributed by atoms with E-state index in [1.54, 1.807) is 30.5 Å². The first-order valence-electron chi connectivity index (χ1n) is 5.96. The van der Waals surface area contributed by atoms with Crippen molar-refractivity contribution in [1.82, 2.24) is 10.4 Å². The Morgan fingerprint density at radius 3 is 2.75 bits per heavy atom. The maximum absolute atomic E-state index is 12.7. The number of hydrogen-bond acceptors (Lipinski definition) is 4. The first kappa shape index (κ1) is 13.7. The summed E-state index contributed by atoms with van der Waals surface area (Å²) in [6, 6.07) is 11.1. The van der Waals surface area contributed by atoms with Crippen LogP contribution in [-0.4, -0.2) is 23.7 Å². The Bertz CT molecular complexity index is 584. The molecule has 0 aliphatic rings. The molecular formula is C14H13FN4O. The molecule has 1 aromatic heterocycles. The largest absolute Gasteiger partial charge is 0.376 e. The summed E-state index contributed by atoms with van der Waals surface area (Å²) in [6.45, 7) is 0.0468. The SMILES string of the molecule is O=C(CNc1ccc(F)cc1)NN=Cc1ccccn1. The second-order valence-electron chi connectivity index (χ2n) is 3.91. The predicted octanol–water partition coefficient (Wildman–Crippen LogP) is 1.78. The Morgan fingerprint density at radius 1 is 1.25 bits per heavy atom. The lowest BCUT2D eigenvalue weighted by atomic mass is 10.3. The minimum atomic E-state index is -0.319. The highest BCUT2D eigenvalue weighted by Crippen LogP contribution is 2.07. The van der Waals surface area contributed by atoms with Gasteiger partial charge in [-0.05, 0) is 36.4 Å². The van der Waals surface area contributed by atoms with Crippen LogP contribution in [0.15, 0.2) is 53.8 Å². The molecule has 5 nitrogen and oxygen atoms in total. The minimum absolute atomic E-state index is 0.0468. The number of amides is 1. The molecule has 0 saturated heterocycles. The van der Waals surface area contributed by atoms with Gasteiger partial charge in [-0.3, -0.25) is 9.78 Å². The van der Waals surface area contributed by atoms with Gasteiger partial charge in [0.2, 0.25) is 0 Å². The number of hydrogen-bond donors (Lipinski definition) is 2. The molecule has 1 heterocycles. The van der Waals surface area contributed by atoms with Crippen molar-refractivity contribution in [3.63, 3.8) is 0 Å². The summed E-state index contributed by atoms with van der Waals surface area (Å²) >= 11 is 0. The normalized spacial score (nSPS) is 10.4. The molecule has 1 amide bonds. The number of anilines is 1. The van der Waals surface area contributed by atoms with Gasteiger partial charge in [0.15, 0.2) is 0 Å². The average molecular weight is 272 g/mol. The molecule has 0 bridgehead atoms. The van der Waals surface area contributed by atoms with E-state index in [0.29, 0.717) is 11.4 Å². The van der Waals surface area contributed by atoms with Crippen molar-refractivity contribution in [2.24, 2.45) is 5.10 Å². The highest BCUT2D eigenvalue weighted by atomic mass is 19.1. The molecule has 102 valence electrons. The number of nitrogens with zero attached hydrogens (tertiary/aromatic N) is 2. The van der Waals surface area contributed by atoms with Gasteiger partial charge in [0, 0.05) is 11.9 Å². The lowest BCUT2D eigenvalue weighted by molar-refractivity contribution is -0.119. The summed E-state index contributed by atoms with van der Waals surface area (Å²) in [5.41, 5.74) is 3.68. The molecule has 0 aliphatic heterocycles. The Labute approximate surface area is 115 Å². The number of halogens is 1. The van der Waals surface area contributed by atoms with Crippen LogP contribution in [0.25, 0.3) is 0 Å². The highest BCUT2D eigenvalue weighted by Gasteiger charge is 1.99. The number of carbonyl (C=O) groups excluding carboxylic acids is 1. The Balaban J connectivity index is 1.76. The maximum Gasteiger partial charge on any atom is 0.259 e. The zero-order valence-electron chi connectivity index (χ0n) is 10.6. The van der Waals surface area contributed by atoms with Crippen LogP contribution in [0.2, 0.25) is 0 Å². The molecule has 0 radical (unpaired) electrons. The van der Waals surface area contributed by atoms with Gasteiger partial charge in [-0.15, -0.1) is 0 Å². The molecule has 0 saturated carbocycles. The van der Waals surface area contributed by atoms with E-state index in [4.69, 9.17) is 0 Å². The van der Waals surface area contributed by atoms with Gasteiger partial charge in [-0.25, -0.2) is 9.82 Å². The third-order valence-corrected chi connectivity index (χ3v) is 2.37. The van der Waals surface area contributed by atoms with Gasteiger partial charge < -0.3 is 5.32 Å². The Kier molecular flexibility index (Phi) is 4.77. The zero-order chi connectivity index (χ0) is 14.2. The second kappa shape index (κ2) is 6.98. The first-order valence-corrected chi connectivity index (χ1v) is 5.96. The quantitative estimate of drug-likeness (QED) is 0.644. The molecule has 1 aromatic carbocycles. The molecule has 6 heteroatoms. The van der Waals surface area contributed by atoms with E-state index in [-0.39, 0.29) is 18.3 Å². The van der Waals surface area contributed by atoms with E-state index in [2.05, 4.69) is 20.8 Å². The highest BCUT2D eigenvalue weighted by molar-refractivity contribution is 5.83. The fourth-order valence-electron chi connectivity index (χ4n) is 1.41. The summed E-state index contributed by atoms with van der Waals surface area (Å²) < 4.78 is 12.7. The standard InChI is InChI=1S/C14H13FN4O/c15-11-4-6-12(7-5-11)17-10-14(20)19-18-9-13-3-1-2-8-16-13/h1-9,17H,10H2,(H,19,20). The molecule has 2 aromatic rings. The molecule has 0 aliphatic carbocycles. The van der Waals surface area contributed by atoms with Gasteiger partial charge in [0.1, 0.15) is 5.82 Å². The average Bonchev–Trinajstić information content (AvgIpc) is 2.48. The molecule has 0 fully saturated rings. The second-order valence-corrected chi connectivity index (χ2v) is 3.91. The predicted molar refractivity (Wildman–Crippen MR) is 74.9 cm³/mol. The third kappa shape index (κ3) is 4.49. The van der Waals surface area contributed by atoms with E-state index in [1.165, 1.54) is 18.3 Å². The summed E-state index contributed by atoms with van der Waals surface area (Å²) in [5, 5.41) is 6.63. The summed E-state index contributed by atoms with van der Waals surface area (Å²) in [4.78, 5) is 15.5. The summed E-state index contributed by atoms with van der Waals surface area (Å²) in [5.74, 6) is -0.624. The van der Waals surface area contributed by atoms with E-state index in [0.717, 1.165) is 0 Å². The Hall–Kier alpha value is -2.76. The number of rotatable bonds is 5. The van der Waals surface area contributed by atoms with E-state index in [1.807, 2.05) is 6.07 Å². The fraction of sp³-hybridized carbons (Fsp3) is 0.0714. The number of hydrazone groups is 1. The monoisotopic (exact) mass is 272 g/mol. The van der Waals surface area contributed by atoms with Crippen molar-refractivity contribution in [2.75, 3.05) is 11.9 Å². The van der Waals surface area contributed by atoms with Crippen LogP contribution in [0, 0.1) is 5.82 Å². The lowest BCUT2D eigenvalue weighted by Crippen LogP contribution is -2.25. The third-order valence-electron chi connectivity index (χ3n) is 2.37. The van der Waals surface area contributed by atoms with Crippen LogP contribution in [0.3, 0.4) is 0 Å². The van der Waals surface area contributed by atoms with Crippen LogP contribution in [0.1, 0.15) is 5.69 Å². The van der Waals surface area contributed by atoms with E-state index in [9.17, 15) is 9.18 Å². The topological polar surface area (TPSA) is 66.4 Å². The van der Waals surface area contributed by atoms with Crippen molar-refractivity contribution in [2.45, 2.75) is 0 Å². The van der Waals surface area contributed by atoms with Gasteiger partial charge in [0.05, 0.1) is 18.5 Å². The molecule has 0 atom stereocenters. The molecular weight excluding hydrogens is 259 g/mol. The maximum atomic E-state index is 12.7. The number of carbonyl (C=O) groups is 1. The first-order chi connectivity index (χ1) is 9.74. The smallest absolute Gasteiger partial charge is 0.259 e. The van der Waals surface area contributed by atoms with Crippen molar-refractivity contribution >= 4 is 17.8 Å². The minimum Gasteiger partial charge on any atom is -0.376 e. The zero-order valence-corrected chi connectivity index (χ0v) is 10.6. The van der Waals surface area contributed by atoms with Crippen molar-refractivity contribution < 1.29 is 9.18 Å². The molecule has 2 rings (SSSR count). The van der Waals surface area contributed by atoms with Gasteiger partial charge in [-0.2, -0.15) is 5.10 Å². The van der Waals surface area contributed by atoms with E-state index >= 15 is 0 Å². The molecule has 0 unspecified atom stereocenters. The lowest BCUT2D eigenvalue weighted by Gasteiger charge is -2.04. The van der Waals surface area contributed by atoms with Crippen LogP contribution in [0.4, 0.5) is 10.1 Å². The fourth-order valence-corrected chi connectivity index (χ4v) is 1.41. The molecule has 0 spiro atoms. The van der Waals surface area contributed by atoms with Gasteiger partial charge in [0.25, 0.3) is 5.91 Å².